The molecule has 0 saturated carbocycles. The number of carbonyl (C=O) groups is 2. The van der Waals surface area contributed by atoms with Crippen LogP contribution in [0.25, 0.3) is 0 Å². The minimum absolute atomic E-state index is 0.0461. The molecule has 1 amide bonds. The average Bonchev–Trinajstić information content (AvgIpc) is 2.71. The summed E-state index contributed by atoms with van der Waals surface area (Å²) >= 11 is 0. The number of carbonyl (C=O) groups excluding carboxylic acids is 2. The molecule has 86 valence electrons. The van der Waals surface area contributed by atoms with Gasteiger partial charge in [-0.2, -0.15) is 0 Å². The fraction of sp³-hybridized carbons (Fsp3) is 0.333. The van der Waals surface area contributed by atoms with Gasteiger partial charge in [-0.15, -0.1) is 0 Å². The normalized spacial score (nSPS) is 10.6. The highest BCUT2D eigenvalue weighted by Gasteiger charge is 2.15. The molecule has 1 aromatic heterocycles. The molecule has 16 heavy (non-hydrogen) atoms. The average molecular weight is 221 g/mol. The fourth-order valence-electron chi connectivity index (χ4n) is 1.25. The summed E-state index contributed by atoms with van der Waals surface area (Å²) in [5.41, 5.74) is 0. The van der Waals surface area contributed by atoms with Crippen LogP contribution in [-0.4, -0.2) is 18.2 Å². The summed E-state index contributed by atoms with van der Waals surface area (Å²) in [6, 6.07) is 3.40. The Morgan fingerprint density at radius 2 is 2.25 bits per heavy atom. The number of Topliss-reactive ketones (excluding diaryl/α,β-unsaturated/α-hetero) is 1. The van der Waals surface area contributed by atoms with E-state index in [2.05, 4.69) is 0 Å². The molecule has 0 saturated heterocycles. The molecule has 0 spiro atoms. The Balaban J connectivity index is 2.77. The van der Waals surface area contributed by atoms with Crippen molar-refractivity contribution in [3.05, 3.63) is 30.5 Å². The van der Waals surface area contributed by atoms with E-state index in [1.807, 2.05) is 0 Å². The van der Waals surface area contributed by atoms with Crippen LogP contribution in [0.3, 0.4) is 0 Å². The number of amides is 1. The molecule has 0 fully saturated rings. The maximum Gasteiger partial charge on any atom is 0.252 e. The lowest BCUT2D eigenvalue weighted by Gasteiger charge is -2.17. The smallest absolute Gasteiger partial charge is 0.252 e. The van der Waals surface area contributed by atoms with Crippen molar-refractivity contribution >= 4 is 17.6 Å². The topological polar surface area (TPSA) is 50.5 Å². The molecule has 1 aromatic rings. The van der Waals surface area contributed by atoms with Gasteiger partial charge in [0.1, 0.15) is 5.78 Å². The molecule has 4 heteroatoms. The monoisotopic (exact) mass is 221 g/mol. The molecule has 4 nitrogen and oxygen atoms in total. The minimum atomic E-state index is -0.182. The van der Waals surface area contributed by atoms with Gasteiger partial charge in [-0.1, -0.05) is 6.08 Å². The number of furan rings is 1. The standard InChI is InChI=1S/C12H15NO3/c1-3-5-11(15)13(8-7-10(2)14)12-6-4-9-16-12/h3-6,9H,7-8H2,1-2H3/b5-3+. The zero-order valence-corrected chi connectivity index (χ0v) is 9.47. The van der Waals surface area contributed by atoms with Crippen LogP contribution in [-0.2, 0) is 9.59 Å². The van der Waals surface area contributed by atoms with E-state index < -0.39 is 0 Å². The van der Waals surface area contributed by atoms with Gasteiger partial charge in [0.05, 0.1) is 6.26 Å². The van der Waals surface area contributed by atoms with Crippen LogP contribution in [0, 0.1) is 0 Å². The summed E-state index contributed by atoms with van der Waals surface area (Å²) < 4.78 is 5.16. The SMILES string of the molecule is C/C=C/C(=O)N(CCC(C)=O)c1ccco1. The van der Waals surface area contributed by atoms with Crippen molar-refractivity contribution in [1.29, 1.82) is 0 Å². The van der Waals surface area contributed by atoms with E-state index in [0.29, 0.717) is 18.8 Å². The number of nitrogens with zero attached hydrogens (tertiary/aromatic N) is 1. The molecule has 0 aliphatic carbocycles. The number of allylic oxidation sites excluding steroid dienone is 1. The van der Waals surface area contributed by atoms with Crippen LogP contribution >= 0.6 is 0 Å². The van der Waals surface area contributed by atoms with Crippen LogP contribution in [0.5, 0.6) is 0 Å². The first-order valence-corrected chi connectivity index (χ1v) is 5.12. The summed E-state index contributed by atoms with van der Waals surface area (Å²) in [4.78, 5) is 24.1. The molecule has 0 unspecified atom stereocenters. The maximum atomic E-state index is 11.7. The van der Waals surface area contributed by atoms with Crippen molar-refractivity contribution in [1.82, 2.24) is 0 Å². The Bertz CT molecular complexity index is 379. The van der Waals surface area contributed by atoms with E-state index in [9.17, 15) is 9.59 Å². The van der Waals surface area contributed by atoms with Gasteiger partial charge in [0.2, 0.25) is 5.88 Å². The molecule has 0 bridgehead atoms. The Kier molecular flexibility index (Phi) is 4.51. The Labute approximate surface area is 94.5 Å². The summed E-state index contributed by atoms with van der Waals surface area (Å²) in [5, 5.41) is 0. The second kappa shape index (κ2) is 5.90. The molecule has 0 atom stereocenters. The predicted molar refractivity (Wildman–Crippen MR) is 61.2 cm³/mol. The lowest BCUT2D eigenvalue weighted by Crippen LogP contribution is -2.30. The molecule has 0 aromatic carbocycles. The zero-order chi connectivity index (χ0) is 12.0. The third-order valence-corrected chi connectivity index (χ3v) is 2.03. The lowest BCUT2D eigenvalue weighted by atomic mass is 10.3. The second-order valence-corrected chi connectivity index (χ2v) is 3.39. The summed E-state index contributed by atoms with van der Waals surface area (Å²) in [6.07, 6.45) is 4.93. The van der Waals surface area contributed by atoms with Gasteiger partial charge in [0.15, 0.2) is 0 Å². The van der Waals surface area contributed by atoms with Gasteiger partial charge in [0, 0.05) is 19.0 Å². The van der Waals surface area contributed by atoms with E-state index in [1.54, 1.807) is 25.1 Å². The van der Waals surface area contributed by atoms with Gasteiger partial charge in [0.25, 0.3) is 5.91 Å². The molecular weight excluding hydrogens is 206 g/mol. The molecule has 0 aliphatic heterocycles. The van der Waals surface area contributed by atoms with Crippen LogP contribution in [0.1, 0.15) is 20.3 Å². The van der Waals surface area contributed by atoms with Crippen LogP contribution in [0.15, 0.2) is 35.0 Å². The minimum Gasteiger partial charge on any atom is -0.448 e. The van der Waals surface area contributed by atoms with Crippen LogP contribution < -0.4 is 4.90 Å². The highest BCUT2D eigenvalue weighted by atomic mass is 16.3. The largest absolute Gasteiger partial charge is 0.448 e. The third-order valence-electron chi connectivity index (χ3n) is 2.03. The first-order valence-electron chi connectivity index (χ1n) is 5.12. The molecule has 1 rings (SSSR count). The van der Waals surface area contributed by atoms with Crippen molar-refractivity contribution < 1.29 is 14.0 Å². The molecule has 1 heterocycles. The van der Waals surface area contributed by atoms with Gasteiger partial charge in [-0.3, -0.25) is 14.5 Å². The highest BCUT2D eigenvalue weighted by Crippen LogP contribution is 2.15. The fourth-order valence-corrected chi connectivity index (χ4v) is 1.25. The number of hydrogen-bond donors (Lipinski definition) is 0. The number of hydrogen-bond acceptors (Lipinski definition) is 3. The van der Waals surface area contributed by atoms with Crippen LogP contribution in [0.4, 0.5) is 5.88 Å². The highest BCUT2D eigenvalue weighted by molar-refractivity contribution is 6.00. The lowest BCUT2D eigenvalue weighted by molar-refractivity contribution is -0.117. The van der Waals surface area contributed by atoms with E-state index in [4.69, 9.17) is 4.42 Å². The predicted octanol–water partition coefficient (Wildman–Crippen LogP) is 2.17. The summed E-state index contributed by atoms with van der Waals surface area (Å²) in [5.74, 6) is 0.327. The third kappa shape index (κ3) is 3.38. The molecular formula is C12H15NO3. The first-order chi connectivity index (χ1) is 7.65. The van der Waals surface area contributed by atoms with E-state index in [0.717, 1.165) is 0 Å². The number of rotatable bonds is 5. The Hall–Kier alpha value is -1.84. The summed E-state index contributed by atoms with van der Waals surface area (Å²) in [6.45, 7) is 3.61. The molecule has 0 N–H and O–H groups in total. The Morgan fingerprint density at radius 1 is 1.50 bits per heavy atom. The first kappa shape index (κ1) is 12.2. The van der Waals surface area contributed by atoms with Crippen molar-refractivity contribution in [2.24, 2.45) is 0 Å². The zero-order valence-electron chi connectivity index (χ0n) is 9.47. The molecule has 0 aliphatic rings. The molecule has 0 radical (unpaired) electrons. The van der Waals surface area contributed by atoms with Gasteiger partial charge < -0.3 is 4.42 Å². The van der Waals surface area contributed by atoms with Crippen molar-refractivity contribution in [3.63, 3.8) is 0 Å². The van der Waals surface area contributed by atoms with Crippen LogP contribution in [0.2, 0.25) is 0 Å². The van der Waals surface area contributed by atoms with Crippen molar-refractivity contribution in [2.75, 3.05) is 11.4 Å². The van der Waals surface area contributed by atoms with Gasteiger partial charge >= 0.3 is 0 Å². The van der Waals surface area contributed by atoms with Gasteiger partial charge in [-0.25, -0.2) is 0 Å². The summed E-state index contributed by atoms with van der Waals surface area (Å²) in [7, 11) is 0. The number of ketones is 1. The van der Waals surface area contributed by atoms with E-state index in [-0.39, 0.29) is 11.7 Å². The quantitative estimate of drug-likeness (QED) is 0.716. The van der Waals surface area contributed by atoms with E-state index >= 15 is 0 Å². The number of anilines is 1. The van der Waals surface area contributed by atoms with Crippen molar-refractivity contribution in [2.45, 2.75) is 20.3 Å². The van der Waals surface area contributed by atoms with Crippen molar-refractivity contribution in [3.8, 4) is 0 Å². The van der Waals surface area contributed by atoms with E-state index in [1.165, 1.54) is 24.2 Å². The maximum absolute atomic E-state index is 11.7. The second-order valence-electron chi connectivity index (χ2n) is 3.39. The Morgan fingerprint density at radius 3 is 2.75 bits per heavy atom. The van der Waals surface area contributed by atoms with Gasteiger partial charge in [-0.05, 0) is 26.0 Å².